The van der Waals surface area contributed by atoms with E-state index in [0.717, 1.165) is 0 Å². The molecule has 0 spiro atoms. The Morgan fingerprint density at radius 3 is 2.24 bits per heavy atom. The average molecular weight is 303 g/mol. The van der Waals surface area contributed by atoms with Gasteiger partial charge in [0, 0.05) is 6.42 Å². The maximum absolute atomic E-state index is 11.8. The van der Waals surface area contributed by atoms with Crippen molar-refractivity contribution < 1.29 is 24.2 Å². The van der Waals surface area contributed by atoms with E-state index in [1.54, 1.807) is 27.7 Å². The molecule has 0 rings (SSSR count). The maximum Gasteiger partial charge on any atom is 0.407 e. The largest absolute Gasteiger partial charge is 0.466 e. The second kappa shape index (κ2) is 8.87. The SMILES string of the molecule is CCOC(=O)CC[C@H](O)[C@@H](NC(=O)OC(C)(C)C)C(C)C. The van der Waals surface area contributed by atoms with Gasteiger partial charge in [-0.3, -0.25) is 4.79 Å². The number of alkyl carbamates (subject to hydrolysis) is 1. The second-order valence-corrected chi connectivity index (χ2v) is 6.33. The fourth-order valence-corrected chi connectivity index (χ4v) is 1.83. The highest BCUT2D eigenvalue weighted by Crippen LogP contribution is 2.14. The number of nitrogens with one attached hydrogen (secondary N) is 1. The van der Waals surface area contributed by atoms with Crippen molar-refractivity contribution in [1.82, 2.24) is 5.32 Å². The Kier molecular flexibility index (Phi) is 8.32. The molecule has 124 valence electrons. The van der Waals surface area contributed by atoms with Gasteiger partial charge in [-0.05, 0) is 40.0 Å². The van der Waals surface area contributed by atoms with Gasteiger partial charge in [-0.25, -0.2) is 4.79 Å². The molecule has 0 fully saturated rings. The van der Waals surface area contributed by atoms with Crippen molar-refractivity contribution in [3.8, 4) is 0 Å². The van der Waals surface area contributed by atoms with E-state index in [2.05, 4.69) is 5.32 Å². The molecule has 0 saturated heterocycles. The molecule has 0 aliphatic heterocycles. The maximum atomic E-state index is 11.8. The summed E-state index contributed by atoms with van der Waals surface area (Å²) >= 11 is 0. The lowest BCUT2D eigenvalue weighted by Gasteiger charge is -2.29. The normalized spacial score (nSPS) is 14.5. The Balaban J connectivity index is 4.46. The van der Waals surface area contributed by atoms with Crippen molar-refractivity contribution in [2.24, 2.45) is 5.92 Å². The summed E-state index contributed by atoms with van der Waals surface area (Å²) in [5, 5.41) is 12.8. The van der Waals surface area contributed by atoms with Crippen molar-refractivity contribution in [3.05, 3.63) is 0 Å². The lowest BCUT2D eigenvalue weighted by Crippen LogP contribution is -2.48. The Labute approximate surface area is 127 Å². The minimum atomic E-state index is -0.832. The molecule has 0 aliphatic carbocycles. The minimum absolute atomic E-state index is 0.00899. The molecule has 0 aromatic heterocycles. The Bertz CT molecular complexity index is 335. The number of amides is 1. The molecular formula is C15H29NO5. The van der Waals surface area contributed by atoms with E-state index in [4.69, 9.17) is 9.47 Å². The number of ether oxygens (including phenoxy) is 2. The van der Waals surface area contributed by atoms with Crippen molar-refractivity contribution in [2.75, 3.05) is 6.61 Å². The quantitative estimate of drug-likeness (QED) is 0.705. The van der Waals surface area contributed by atoms with Crippen LogP contribution in [-0.4, -0.2) is 41.5 Å². The Morgan fingerprint density at radius 1 is 1.24 bits per heavy atom. The standard InChI is InChI=1S/C15H29NO5/c1-7-20-12(18)9-8-11(17)13(10(2)3)16-14(19)21-15(4,5)6/h10-11,13,17H,7-9H2,1-6H3,(H,16,19)/t11-,13-/m0/s1. The zero-order chi connectivity index (χ0) is 16.6. The van der Waals surface area contributed by atoms with Crippen molar-refractivity contribution in [2.45, 2.75) is 72.1 Å². The van der Waals surface area contributed by atoms with Gasteiger partial charge in [-0.2, -0.15) is 0 Å². The highest BCUT2D eigenvalue weighted by Gasteiger charge is 2.27. The summed E-state index contributed by atoms with van der Waals surface area (Å²) < 4.78 is 10.00. The van der Waals surface area contributed by atoms with E-state index >= 15 is 0 Å². The summed E-state index contributed by atoms with van der Waals surface area (Å²) in [4.78, 5) is 23.1. The highest BCUT2D eigenvalue weighted by atomic mass is 16.6. The first-order valence-electron chi connectivity index (χ1n) is 7.40. The number of hydrogen-bond donors (Lipinski definition) is 2. The van der Waals surface area contributed by atoms with Crippen LogP contribution in [0.5, 0.6) is 0 Å². The van der Waals surface area contributed by atoms with E-state index in [1.165, 1.54) is 0 Å². The minimum Gasteiger partial charge on any atom is -0.466 e. The van der Waals surface area contributed by atoms with Gasteiger partial charge >= 0.3 is 12.1 Å². The number of aliphatic hydroxyl groups is 1. The zero-order valence-corrected chi connectivity index (χ0v) is 13.9. The second-order valence-electron chi connectivity index (χ2n) is 6.33. The Morgan fingerprint density at radius 2 is 1.81 bits per heavy atom. The van der Waals surface area contributed by atoms with Gasteiger partial charge < -0.3 is 19.9 Å². The third-order valence-electron chi connectivity index (χ3n) is 2.77. The lowest BCUT2D eigenvalue weighted by atomic mass is 9.95. The van der Waals surface area contributed by atoms with E-state index in [-0.39, 0.29) is 24.7 Å². The number of carbonyl (C=O) groups is 2. The molecule has 0 aromatic carbocycles. The fraction of sp³-hybridized carbons (Fsp3) is 0.867. The number of hydrogen-bond acceptors (Lipinski definition) is 5. The van der Waals surface area contributed by atoms with Crippen LogP contribution in [0.4, 0.5) is 4.79 Å². The van der Waals surface area contributed by atoms with E-state index < -0.39 is 23.8 Å². The molecule has 2 N–H and O–H groups in total. The van der Waals surface area contributed by atoms with E-state index in [9.17, 15) is 14.7 Å². The summed E-state index contributed by atoms with van der Waals surface area (Å²) in [6.45, 7) is 11.1. The van der Waals surface area contributed by atoms with Gasteiger partial charge in [0.25, 0.3) is 0 Å². The number of carbonyl (C=O) groups excluding carboxylic acids is 2. The first-order valence-corrected chi connectivity index (χ1v) is 7.40. The molecule has 0 bridgehead atoms. The number of rotatable bonds is 7. The van der Waals surface area contributed by atoms with Crippen LogP contribution < -0.4 is 5.32 Å². The average Bonchev–Trinajstić information content (AvgIpc) is 2.31. The van der Waals surface area contributed by atoms with Crippen LogP contribution in [0.3, 0.4) is 0 Å². The monoisotopic (exact) mass is 303 g/mol. The van der Waals surface area contributed by atoms with Crippen LogP contribution in [0.15, 0.2) is 0 Å². The van der Waals surface area contributed by atoms with Gasteiger partial charge in [0.2, 0.25) is 0 Å². The topological polar surface area (TPSA) is 84.9 Å². The van der Waals surface area contributed by atoms with Crippen molar-refractivity contribution >= 4 is 12.1 Å². The molecule has 0 unspecified atom stereocenters. The fourth-order valence-electron chi connectivity index (χ4n) is 1.83. The third kappa shape index (κ3) is 9.28. The van der Waals surface area contributed by atoms with E-state index in [0.29, 0.717) is 6.61 Å². The molecule has 2 atom stereocenters. The van der Waals surface area contributed by atoms with Crippen LogP contribution in [0.2, 0.25) is 0 Å². The van der Waals surface area contributed by atoms with Crippen LogP contribution in [-0.2, 0) is 14.3 Å². The van der Waals surface area contributed by atoms with Crippen LogP contribution in [0.1, 0.15) is 54.4 Å². The molecular weight excluding hydrogens is 274 g/mol. The molecule has 6 heteroatoms. The smallest absolute Gasteiger partial charge is 0.407 e. The molecule has 0 aromatic rings. The summed E-state index contributed by atoms with van der Waals surface area (Å²) in [6.07, 6.45) is -1.05. The molecule has 0 radical (unpaired) electrons. The first-order chi connectivity index (χ1) is 9.56. The van der Waals surface area contributed by atoms with Gasteiger partial charge in [0.15, 0.2) is 0 Å². The zero-order valence-electron chi connectivity index (χ0n) is 13.9. The van der Waals surface area contributed by atoms with Crippen LogP contribution >= 0.6 is 0 Å². The molecule has 0 aliphatic rings. The van der Waals surface area contributed by atoms with Crippen LogP contribution in [0, 0.1) is 5.92 Å². The van der Waals surface area contributed by atoms with Crippen LogP contribution in [0.25, 0.3) is 0 Å². The van der Waals surface area contributed by atoms with Gasteiger partial charge in [0.1, 0.15) is 5.60 Å². The summed E-state index contributed by atoms with van der Waals surface area (Å²) in [7, 11) is 0. The van der Waals surface area contributed by atoms with Gasteiger partial charge in [-0.15, -0.1) is 0 Å². The van der Waals surface area contributed by atoms with E-state index in [1.807, 2.05) is 13.8 Å². The predicted octanol–water partition coefficient (Wildman–Crippen LogP) is 2.24. The molecule has 6 nitrogen and oxygen atoms in total. The van der Waals surface area contributed by atoms with Crippen molar-refractivity contribution in [3.63, 3.8) is 0 Å². The third-order valence-corrected chi connectivity index (χ3v) is 2.77. The summed E-state index contributed by atoms with van der Waals surface area (Å²) in [6, 6.07) is -0.478. The number of aliphatic hydroxyl groups excluding tert-OH is 1. The molecule has 21 heavy (non-hydrogen) atoms. The molecule has 0 heterocycles. The Hall–Kier alpha value is -1.30. The highest BCUT2D eigenvalue weighted by molar-refractivity contribution is 5.69. The van der Waals surface area contributed by atoms with Gasteiger partial charge in [0.05, 0.1) is 18.8 Å². The van der Waals surface area contributed by atoms with Crippen molar-refractivity contribution in [1.29, 1.82) is 0 Å². The first kappa shape index (κ1) is 19.7. The van der Waals surface area contributed by atoms with Gasteiger partial charge in [-0.1, -0.05) is 13.8 Å². The predicted molar refractivity (Wildman–Crippen MR) is 79.9 cm³/mol. The lowest BCUT2D eigenvalue weighted by molar-refractivity contribution is -0.143. The summed E-state index contributed by atoms with van der Waals surface area (Å²) in [5.41, 5.74) is -0.596. The number of esters is 1. The molecule has 1 amide bonds. The molecule has 0 saturated carbocycles. The summed E-state index contributed by atoms with van der Waals surface area (Å²) in [5.74, 6) is -0.342.